The van der Waals surface area contributed by atoms with Crippen molar-refractivity contribution in [2.75, 3.05) is 26.2 Å². The predicted octanol–water partition coefficient (Wildman–Crippen LogP) is -0.209. The van der Waals surface area contributed by atoms with E-state index in [4.69, 9.17) is 5.11 Å². The lowest BCUT2D eigenvalue weighted by Crippen LogP contribution is -2.48. The second kappa shape index (κ2) is 8.17. The number of hydrogen-bond donors (Lipinski definition) is 2. The molecule has 9 heteroatoms. The summed E-state index contributed by atoms with van der Waals surface area (Å²) in [5, 5.41) is 16.2. The molecule has 0 atom stereocenters. The van der Waals surface area contributed by atoms with E-state index in [-0.39, 0.29) is 24.6 Å². The van der Waals surface area contributed by atoms with E-state index >= 15 is 0 Å². The summed E-state index contributed by atoms with van der Waals surface area (Å²) in [5.41, 5.74) is 1.15. The molecule has 1 aromatic heterocycles. The molecule has 0 saturated carbocycles. The first kappa shape index (κ1) is 18.8. The van der Waals surface area contributed by atoms with E-state index in [1.54, 1.807) is 36.1 Å². The maximum Gasteiger partial charge on any atom is 0.351 e. The van der Waals surface area contributed by atoms with Gasteiger partial charge in [-0.3, -0.25) is 9.59 Å². The van der Waals surface area contributed by atoms with E-state index in [2.05, 4.69) is 10.4 Å². The Hall–Kier alpha value is -2.94. The number of aliphatic carboxylic acids is 1. The van der Waals surface area contributed by atoms with Crippen LogP contribution in [0.5, 0.6) is 0 Å². The zero-order valence-electron chi connectivity index (χ0n) is 15.2. The molecule has 0 spiro atoms. The summed E-state index contributed by atoms with van der Waals surface area (Å²) in [5.74, 6) is -0.472. The molecule has 1 fully saturated rings. The Morgan fingerprint density at radius 3 is 2.48 bits per heavy atom. The third kappa shape index (κ3) is 4.43. The van der Waals surface area contributed by atoms with Gasteiger partial charge in [0, 0.05) is 32.6 Å². The maximum atomic E-state index is 12.7. The lowest BCUT2D eigenvalue weighted by Gasteiger charge is -2.27. The molecular formula is C18H23N5O4. The molecule has 27 heavy (non-hydrogen) atoms. The average molecular weight is 373 g/mol. The number of aryl methyl sites for hydroxylation is 2. The van der Waals surface area contributed by atoms with Crippen molar-refractivity contribution in [1.82, 2.24) is 24.6 Å². The molecule has 1 amide bonds. The Morgan fingerprint density at radius 2 is 1.85 bits per heavy atom. The van der Waals surface area contributed by atoms with E-state index in [1.807, 2.05) is 0 Å². The number of carbonyl (C=O) groups excluding carboxylic acids is 1. The average Bonchev–Trinajstić information content (AvgIpc) is 2.94. The molecule has 0 radical (unpaired) electrons. The summed E-state index contributed by atoms with van der Waals surface area (Å²) in [6.45, 7) is 4.40. The molecule has 0 bridgehead atoms. The number of nitrogens with zero attached hydrogens (tertiary/aromatic N) is 4. The van der Waals surface area contributed by atoms with Crippen molar-refractivity contribution < 1.29 is 14.7 Å². The molecule has 0 unspecified atom stereocenters. The van der Waals surface area contributed by atoms with Gasteiger partial charge in [-0.05, 0) is 31.0 Å². The van der Waals surface area contributed by atoms with Crippen LogP contribution in [-0.2, 0) is 22.6 Å². The first-order valence-electron chi connectivity index (χ1n) is 8.92. The largest absolute Gasteiger partial charge is 0.481 e. The van der Waals surface area contributed by atoms with Crippen LogP contribution in [0.15, 0.2) is 29.1 Å². The van der Waals surface area contributed by atoms with Crippen LogP contribution < -0.4 is 11.0 Å². The van der Waals surface area contributed by atoms with Crippen LogP contribution >= 0.6 is 0 Å². The van der Waals surface area contributed by atoms with E-state index in [1.165, 1.54) is 9.25 Å². The van der Waals surface area contributed by atoms with Gasteiger partial charge in [0.2, 0.25) is 5.91 Å². The van der Waals surface area contributed by atoms with Gasteiger partial charge in [0.15, 0.2) is 0 Å². The molecule has 2 heterocycles. The van der Waals surface area contributed by atoms with E-state index < -0.39 is 5.97 Å². The highest BCUT2D eigenvalue weighted by molar-refractivity contribution is 5.76. The molecule has 1 aliphatic rings. The SMILES string of the molecule is Cc1nn(CC(=O)N2CCNCC2)c(=O)n1-c1ccc(CCC(=O)O)cc1. The minimum absolute atomic E-state index is 0.0599. The number of benzene rings is 1. The van der Waals surface area contributed by atoms with Crippen LogP contribution in [0, 0.1) is 6.92 Å². The summed E-state index contributed by atoms with van der Waals surface area (Å²) in [7, 11) is 0. The van der Waals surface area contributed by atoms with Gasteiger partial charge < -0.3 is 15.3 Å². The number of amides is 1. The van der Waals surface area contributed by atoms with Gasteiger partial charge in [-0.25, -0.2) is 14.0 Å². The lowest BCUT2D eigenvalue weighted by atomic mass is 10.1. The van der Waals surface area contributed by atoms with Crippen molar-refractivity contribution in [3.05, 3.63) is 46.1 Å². The van der Waals surface area contributed by atoms with Gasteiger partial charge >= 0.3 is 11.7 Å². The second-order valence-electron chi connectivity index (χ2n) is 6.51. The number of carbonyl (C=O) groups is 2. The molecular weight excluding hydrogens is 350 g/mol. The summed E-state index contributed by atoms with van der Waals surface area (Å²) in [6, 6.07) is 7.12. The quantitative estimate of drug-likeness (QED) is 0.725. The van der Waals surface area contributed by atoms with Crippen molar-refractivity contribution in [2.24, 2.45) is 0 Å². The van der Waals surface area contributed by atoms with Gasteiger partial charge in [0.1, 0.15) is 12.4 Å². The van der Waals surface area contributed by atoms with Crippen molar-refractivity contribution in [2.45, 2.75) is 26.3 Å². The number of nitrogens with one attached hydrogen (secondary N) is 1. The smallest absolute Gasteiger partial charge is 0.351 e. The van der Waals surface area contributed by atoms with E-state index in [9.17, 15) is 14.4 Å². The third-order valence-corrected chi connectivity index (χ3v) is 4.58. The topological polar surface area (TPSA) is 109 Å². The number of piperazine rings is 1. The molecule has 9 nitrogen and oxygen atoms in total. The van der Waals surface area contributed by atoms with Crippen LogP contribution in [0.3, 0.4) is 0 Å². The first-order chi connectivity index (χ1) is 13.0. The number of carboxylic acid groups (broad SMARTS) is 1. The van der Waals surface area contributed by atoms with Crippen LogP contribution in [0.25, 0.3) is 5.69 Å². The monoisotopic (exact) mass is 373 g/mol. The number of aromatic nitrogens is 3. The Labute approximate surface area is 156 Å². The van der Waals surface area contributed by atoms with Crippen LogP contribution in [0.1, 0.15) is 17.8 Å². The minimum Gasteiger partial charge on any atom is -0.481 e. The lowest BCUT2D eigenvalue weighted by molar-refractivity contribution is -0.137. The second-order valence-corrected chi connectivity index (χ2v) is 6.51. The van der Waals surface area contributed by atoms with Crippen molar-refractivity contribution >= 4 is 11.9 Å². The zero-order chi connectivity index (χ0) is 19.4. The fraction of sp³-hybridized carbons (Fsp3) is 0.444. The highest BCUT2D eigenvalue weighted by Gasteiger charge is 2.20. The van der Waals surface area contributed by atoms with Crippen LogP contribution in [0.2, 0.25) is 0 Å². The molecule has 2 N–H and O–H groups in total. The fourth-order valence-corrected chi connectivity index (χ4v) is 3.12. The molecule has 0 aliphatic carbocycles. The molecule has 1 saturated heterocycles. The van der Waals surface area contributed by atoms with E-state index in [0.717, 1.165) is 18.7 Å². The highest BCUT2D eigenvalue weighted by atomic mass is 16.4. The van der Waals surface area contributed by atoms with Crippen molar-refractivity contribution in [3.63, 3.8) is 0 Å². The summed E-state index contributed by atoms with van der Waals surface area (Å²) >= 11 is 0. The normalized spacial score (nSPS) is 14.3. The maximum absolute atomic E-state index is 12.7. The summed E-state index contributed by atoms with van der Waals surface area (Å²) in [6.07, 6.45) is 0.492. The summed E-state index contributed by atoms with van der Waals surface area (Å²) in [4.78, 5) is 37.5. The predicted molar refractivity (Wildman–Crippen MR) is 98.0 cm³/mol. The molecule has 144 valence electrons. The Bertz CT molecular complexity index is 878. The van der Waals surface area contributed by atoms with Crippen molar-refractivity contribution in [1.29, 1.82) is 0 Å². The molecule has 3 rings (SSSR count). The first-order valence-corrected chi connectivity index (χ1v) is 8.92. The van der Waals surface area contributed by atoms with Crippen molar-refractivity contribution in [3.8, 4) is 5.69 Å². The number of carboxylic acids is 1. The highest BCUT2D eigenvalue weighted by Crippen LogP contribution is 2.11. The van der Waals surface area contributed by atoms with Gasteiger partial charge in [-0.2, -0.15) is 5.10 Å². The standard InChI is InChI=1S/C18H23N5O4/c1-13-20-22(12-16(24)21-10-8-19-9-11-21)18(27)23(13)15-5-2-14(3-6-15)4-7-17(25)26/h2-3,5-6,19H,4,7-12H2,1H3,(H,25,26). The van der Waals surface area contributed by atoms with E-state index in [0.29, 0.717) is 31.0 Å². The minimum atomic E-state index is -0.846. The Balaban J connectivity index is 1.76. The third-order valence-electron chi connectivity index (χ3n) is 4.58. The molecule has 2 aromatic rings. The summed E-state index contributed by atoms with van der Waals surface area (Å²) < 4.78 is 2.64. The van der Waals surface area contributed by atoms with Crippen LogP contribution in [-0.4, -0.2) is 62.4 Å². The van der Waals surface area contributed by atoms with Gasteiger partial charge in [0.25, 0.3) is 0 Å². The zero-order valence-corrected chi connectivity index (χ0v) is 15.2. The number of rotatable bonds is 6. The number of hydrogen-bond acceptors (Lipinski definition) is 5. The van der Waals surface area contributed by atoms with Gasteiger partial charge in [0.05, 0.1) is 5.69 Å². The molecule has 1 aliphatic heterocycles. The van der Waals surface area contributed by atoms with Gasteiger partial charge in [-0.1, -0.05) is 12.1 Å². The Morgan fingerprint density at radius 1 is 1.19 bits per heavy atom. The van der Waals surface area contributed by atoms with Gasteiger partial charge in [-0.15, -0.1) is 0 Å². The fourth-order valence-electron chi connectivity index (χ4n) is 3.12. The molecule has 1 aromatic carbocycles. The Kier molecular flexibility index (Phi) is 5.70. The van der Waals surface area contributed by atoms with Crippen LogP contribution in [0.4, 0.5) is 0 Å².